The van der Waals surface area contributed by atoms with Crippen molar-refractivity contribution in [3.8, 4) is 0 Å². The zero-order valence-corrected chi connectivity index (χ0v) is 9.39. The number of nitrogens with one attached hydrogen (secondary N) is 1. The number of sulfonamides is 1. The van der Waals surface area contributed by atoms with Gasteiger partial charge in [-0.3, -0.25) is 0 Å². The standard InChI is InChI=1S/C9H18N2O2S/c1-14(12,13)11-6-5-9(7-11)10-8-3-2-4-8/h8-10H,2-7H2,1H3. The van der Waals surface area contributed by atoms with Gasteiger partial charge in [0.25, 0.3) is 0 Å². The van der Waals surface area contributed by atoms with Crippen LogP contribution < -0.4 is 5.32 Å². The van der Waals surface area contributed by atoms with Crippen LogP contribution in [0.25, 0.3) is 0 Å². The Morgan fingerprint density at radius 3 is 2.36 bits per heavy atom. The van der Waals surface area contributed by atoms with Crippen molar-refractivity contribution >= 4 is 10.0 Å². The van der Waals surface area contributed by atoms with Crippen molar-refractivity contribution in [1.82, 2.24) is 9.62 Å². The maximum atomic E-state index is 11.2. The van der Waals surface area contributed by atoms with Gasteiger partial charge in [0.1, 0.15) is 0 Å². The first kappa shape index (κ1) is 10.4. The topological polar surface area (TPSA) is 49.4 Å². The highest BCUT2D eigenvalue weighted by atomic mass is 32.2. The summed E-state index contributed by atoms with van der Waals surface area (Å²) < 4.78 is 24.1. The molecule has 0 amide bonds. The molecule has 82 valence electrons. The first-order valence-electron chi connectivity index (χ1n) is 5.27. The summed E-state index contributed by atoms with van der Waals surface area (Å²) in [6, 6.07) is 1.04. The van der Waals surface area contributed by atoms with Gasteiger partial charge in [-0.2, -0.15) is 0 Å². The van der Waals surface area contributed by atoms with Gasteiger partial charge in [-0.05, 0) is 19.3 Å². The lowest BCUT2D eigenvalue weighted by Crippen LogP contribution is -2.44. The lowest BCUT2D eigenvalue weighted by atomic mass is 9.92. The Balaban J connectivity index is 1.82. The summed E-state index contributed by atoms with van der Waals surface area (Å²) in [5, 5.41) is 3.51. The van der Waals surface area contributed by atoms with E-state index in [-0.39, 0.29) is 0 Å². The average Bonchev–Trinajstić information content (AvgIpc) is 2.43. The predicted octanol–water partition coefficient (Wildman–Crippen LogP) is 0.162. The SMILES string of the molecule is CS(=O)(=O)N1CCC(NC2CCC2)C1. The Morgan fingerprint density at radius 2 is 1.93 bits per heavy atom. The van der Waals surface area contributed by atoms with E-state index in [1.807, 2.05) is 0 Å². The van der Waals surface area contributed by atoms with Crippen LogP contribution in [-0.2, 0) is 10.0 Å². The van der Waals surface area contributed by atoms with Gasteiger partial charge in [0.15, 0.2) is 0 Å². The molecule has 0 spiro atoms. The smallest absolute Gasteiger partial charge is 0.211 e. The van der Waals surface area contributed by atoms with Crippen molar-refractivity contribution in [3.63, 3.8) is 0 Å². The first-order chi connectivity index (χ1) is 6.55. The third-order valence-electron chi connectivity index (χ3n) is 3.20. The highest BCUT2D eigenvalue weighted by Crippen LogP contribution is 2.21. The predicted molar refractivity (Wildman–Crippen MR) is 55.6 cm³/mol. The molecule has 1 unspecified atom stereocenters. The summed E-state index contributed by atoms with van der Waals surface area (Å²) in [5.41, 5.74) is 0. The van der Waals surface area contributed by atoms with Crippen molar-refractivity contribution in [3.05, 3.63) is 0 Å². The van der Waals surface area contributed by atoms with E-state index in [1.165, 1.54) is 25.5 Å². The van der Waals surface area contributed by atoms with E-state index in [4.69, 9.17) is 0 Å². The van der Waals surface area contributed by atoms with Crippen LogP contribution in [0.2, 0.25) is 0 Å². The molecule has 2 aliphatic rings. The Kier molecular flexibility index (Phi) is 2.81. The van der Waals surface area contributed by atoms with Gasteiger partial charge in [0.05, 0.1) is 6.26 Å². The lowest BCUT2D eigenvalue weighted by molar-refractivity contribution is 0.306. The lowest BCUT2D eigenvalue weighted by Gasteiger charge is -2.29. The Morgan fingerprint density at radius 1 is 1.21 bits per heavy atom. The Hall–Kier alpha value is -0.130. The van der Waals surface area contributed by atoms with Crippen molar-refractivity contribution < 1.29 is 8.42 Å². The highest BCUT2D eigenvalue weighted by molar-refractivity contribution is 7.88. The molecule has 1 N–H and O–H groups in total. The summed E-state index contributed by atoms with van der Waals surface area (Å²) >= 11 is 0. The Bertz CT molecular complexity index is 298. The van der Waals surface area contributed by atoms with Crippen LogP contribution in [0.4, 0.5) is 0 Å². The molecule has 1 heterocycles. The van der Waals surface area contributed by atoms with Gasteiger partial charge in [0, 0.05) is 25.2 Å². The molecule has 0 radical (unpaired) electrons. The normalized spacial score (nSPS) is 30.5. The zero-order valence-electron chi connectivity index (χ0n) is 8.57. The van der Waals surface area contributed by atoms with Gasteiger partial charge in [-0.1, -0.05) is 6.42 Å². The number of hydrogen-bond donors (Lipinski definition) is 1. The van der Waals surface area contributed by atoms with Gasteiger partial charge in [-0.15, -0.1) is 0 Å². The monoisotopic (exact) mass is 218 g/mol. The number of rotatable bonds is 3. The van der Waals surface area contributed by atoms with Crippen LogP contribution in [0.3, 0.4) is 0 Å². The summed E-state index contributed by atoms with van der Waals surface area (Å²) in [5.74, 6) is 0. The third kappa shape index (κ3) is 2.27. The fourth-order valence-electron chi connectivity index (χ4n) is 2.07. The van der Waals surface area contributed by atoms with Crippen LogP contribution in [0.1, 0.15) is 25.7 Å². The number of hydrogen-bond acceptors (Lipinski definition) is 3. The first-order valence-corrected chi connectivity index (χ1v) is 7.12. The molecule has 14 heavy (non-hydrogen) atoms. The van der Waals surface area contributed by atoms with Gasteiger partial charge >= 0.3 is 0 Å². The third-order valence-corrected chi connectivity index (χ3v) is 4.47. The van der Waals surface area contributed by atoms with E-state index in [1.54, 1.807) is 4.31 Å². The van der Waals surface area contributed by atoms with Crippen molar-refractivity contribution in [2.75, 3.05) is 19.3 Å². The molecule has 0 aromatic heterocycles. The molecule has 2 fully saturated rings. The van der Waals surface area contributed by atoms with Gasteiger partial charge < -0.3 is 5.32 Å². The maximum absolute atomic E-state index is 11.2. The summed E-state index contributed by atoms with van der Waals surface area (Å²) in [7, 11) is -2.97. The van der Waals surface area contributed by atoms with E-state index in [9.17, 15) is 8.42 Å². The Labute approximate surface area is 85.7 Å². The molecule has 4 nitrogen and oxygen atoms in total. The minimum absolute atomic E-state index is 0.384. The van der Waals surface area contributed by atoms with E-state index >= 15 is 0 Å². The maximum Gasteiger partial charge on any atom is 0.211 e. The van der Waals surface area contributed by atoms with E-state index in [2.05, 4.69) is 5.32 Å². The molecule has 2 rings (SSSR count). The van der Waals surface area contributed by atoms with Crippen molar-refractivity contribution in [2.45, 2.75) is 37.8 Å². The molecule has 1 saturated heterocycles. The molecule has 1 aliphatic carbocycles. The van der Waals surface area contributed by atoms with E-state index in [0.29, 0.717) is 25.2 Å². The molecule has 5 heteroatoms. The van der Waals surface area contributed by atoms with Gasteiger partial charge in [0.2, 0.25) is 10.0 Å². The van der Waals surface area contributed by atoms with E-state index in [0.717, 1.165) is 6.42 Å². The molecule has 0 aromatic rings. The summed E-state index contributed by atoms with van der Waals surface area (Å²) in [6.07, 6.45) is 6.09. The molecule has 1 aliphatic heterocycles. The largest absolute Gasteiger partial charge is 0.310 e. The van der Waals surface area contributed by atoms with Crippen LogP contribution >= 0.6 is 0 Å². The summed E-state index contributed by atoms with van der Waals surface area (Å²) in [4.78, 5) is 0. The van der Waals surface area contributed by atoms with Crippen LogP contribution in [-0.4, -0.2) is 44.2 Å². The molecule has 1 atom stereocenters. The van der Waals surface area contributed by atoms with Crippen molar-refractivity contribution in [2.24, 2.45) is 0 Å². The van der Waals surface area contributed by atoms with Crippen LogP contribution in [0.5, 0.6) is 0 Å². The van der Waals surface area contributed by atoms with Crippen LogP contribution in [0, 0.1) is 0 Å². The molecular formula is C9H18N2O2S. The molecule has 0 aromatic carbocycles. The van der Waals surface area contributed by atoms with Gasteiger partial charge in [-0.25, -0.2) is 12.7 Å². The fourth-order valence-corrected chi connectivity index (χ4v) is 2.96. The minimum atomic E-state index is -2.97. The highest BCUT2D eigenvalue weighted by Gasteiger charge is 2.30. The second kappa shape index (κ2) is 3.79. The number of nitrogens with zero attached hydrogens (tertiary/aromatic N) is 1. The minimum Gasteiger partial charge on any atom is -0.310 e. The quantitative estimate of drug-likeness (QED) is 0.734. The second-order valence-electron chi connectivity index (χ2n) is 4.40. The fraction of sp³-hybridized carbons (Fsp3) is 1.00. The van der Waals surface area contributed by atoms with Crippen molar-refractivity contribution in [1.29, 1.82) is 0 Å². The second-order valence-corrected chi connectivity index (χ2v) is 6.38. The molecule has 1 saturated carbocycles. The average molecular weight is 218 g/mol. The van der Waals surface area contributed by atoms with E-state index < -0.39 is 10.0 Å². The summed E-state index contributed by atoms with van der Waals surface area (Å²) in [6.45, 7) is 1.35. The zero-order chi connectivity index (χ0) is 10.2. The van der Waals surface area contributed by atoms with Crippen LogP contribution in [0.15, 0.2) is 0 Å². The molecular weight excluding hydrogens is 200 g/mol. The molecule has 0 bridgehead atoms.